The van der Waals surface area contributed by atoms with Gasteiger partial charge >= 0.3 is 0 Å². The van der Waals surface area contributed by atoms with Crippen LogP contribution in [0.1, 0.15) is 62.3 Å². The number of aryl methyl sites for hydroxylation is 2. The second kappa shape index (κ2) is 7.45. The monoisotopic (exact) mass is 419 g/mol. The van der Waals surface area contributed by atoms with Crippen LogP contribution in [0.15, 0.2) is 17.3 Å². The minimum Gasteiger partial charge on any atom is -0.367 e. The lowest BCUT2D eigenvalue weighted by Gasteiger charge is -2.44. The van der Waals surface area contributed by atoms with Gasteiger partial charge in [0.2, 0.25) is 10.0 Å². The molecule has 1 fully saturated rings. The Hall–Kier alpha value is -1.84. The van der Waals surface area contributed by atoms with Crippen LogP contribution in [0.5, 0.6) is 0 Å². The summed E-state index contributed by atoms with van der Waals surface area (Å²) in [7, 11) is -3.66. The maximum Gasteiger partial charge on any atom is 0.246 e. The summed E-state index contributed by atoms with van der Waals surface area (Å²) in [6, 6.07) is 0. The van der Waals surface area contributed by atoms with Crippen molar-refractivity contribution in [2.75, 3.05) is 19.7 Å². The first-order chi connectivity index (χ1) is 13.8. The van der Waals surface area contributed by atoms with Crippen molar-refractivity contribution >= 4 is 10.0 Å². The quantitative estimate of drug-likeness (QED) is 0.756. The molecule has 0 saturated carbocycles. The molecular formula is C20H29N5O3S. The first kappa shape index (κ1) is 20.4. The predicted octanol–water partition coefficient (Wildman–Crippen LogP) is 2.38. The van der Waals surface area contributed by atoms with Crippen LogP contribution in [0.4, 0.5) is 0 Å². The van der Waals surface area contributed by atoms with Gasteiger partial charge < -0.3 is 4.74 Å². The van der Waals surface area contributed by atoms with Crippen LogP contribution in [0.2, 0.25) is 0 Å². The number of rotatable bonds is 4. The third-order valence-electron chi connectivity index (χ3n) is 5.84. The Morgan fingerprint density at radius 3 is 2.83 bits per heavy atom. The standard InChI is InChI=1S/C20H29N5O3S/c1-5-24-12-17(15(4)23-24)29(26,27)25-9-6-8-20(13-25)18-16(7-10-28-20)11-21-19(22-18)14(2)3/h11-12,14H,5-10,13H2,1-4H3. The van der Waals surface area contributed by atoms with Gasteiger partial charge in [0.1, 0.15) is 16.3 Å². The van der Waals surface area contributed by atoms with E-state index in [2.05, 4.69) is 23.9 Å². The summed E-state index contributed by atoms with van der Waals surface area (Å²) in [5.74, 6) is 0.971. The lowest BCUT2D eigenvalue weighted by atomic mass is 9.85. The van der Waals surface area contributed by atoms with E-state index in [4.69, 9.17) is 9.72 Å². The van der Waals surface area contributed by atoms with Crippen LogP contribution in [0.25, 0.3) is 0 Å². The van der Waals surface area contributed by atoms with E-state index < -0.39 is 15.6 Å². The van der Waals surface area contributed by atoms with Crippen molar-refractivity contribution < 1.29 is 13.2 Å². The fourth-order valence-corrected chi connectivity index (χ4v) is 5.95. The number of nitrogens with zero attached hydrogens (tertiary/aromatic N) is 5. The zero-order chi connectivity index (χ0) is 20.8. The lowest BCUT2D eigenvalue weighted by Crippen LogP contribution is -2.52. The highest BCUT2D eigenvalue weighted by Gasteiger charge is 2.46. The molecule has 0 radical (unpaired) electrons. The first-order valence-electron chi connectivity index (χ1n) is 10.3. The molecule has 0 aliphatic carbocycles. The van der Waals surface area contributed by atoms with Gasteiger partial charge in [-0.25, -0.2) is 18.4 Å². The molecule has 1 saturated heterocycles. The van der Waals surface area contributed by atoms with Crippen molar-refractivity contribution in [1.29, 1.82) is 0 Å². The number of sulfonamides is 1. The van der Waals surface area contributed by atoms with Gasteiger partial charge in [-0.1, -0.05) is 13.8 Å². The fourth-order valence-electron chi connectivity index (χ4n) is 4.25. The molecule has 1 unspecified atom stereocenters. The summed E-state index contributed by atoms with van der Waals surface area (Å²) < 4.78 is 36.3. The molecule has 0 amide bonds. The van der Waals surface area contributed by atoms with Crippen LogP contribution in [-0.2, 0) is 33.3 Å². The third-order valence-corrected chi connectivity index (χ3v) is 7.79. The molecule has 0 aromatic carbocycles. The van der Waals surface area contributed by atoms with E-state index in [1.54, 1.807) is 22.1 Å². The first-order valence-corrected chi connectivity index (χ1v) is 11.8. The van der Waals surface area contributed by atoms with Gasteiger partial charge in [0.25, 0.3) is 0 Å². The summed E-state index contributed by atoms with van der Waals surface area (Å²) in [5.41, 5.74) is 1.75. The summed E-state index contributed by atoms with van der Waals surface area (Å²) in [6.07, 6.45) is 5.75. The zero-order valence-electron chi connectivity index (χ0n) is 17.6. The second-order valence-corrected chi connectivity index (χ2v) is 10.1. The van der Waals surface area contributed by atoms with Gasteiger partial charge in [0.15, 0.2) is 0 Å². The Morgan fingerprint density at radius 1 is 1.34 bits per heavy atom. The molecule has 0 N–H and O–H groups in total. The molecule has 2 aromatic heterocycles. The molecule has 1 atom stereocenters. The van der Waals surface area contributed by atoms with Crippen LogP contribution in [0.3, 0.4) is 0 Å². The summed E-state index contributed by atoms with van der Waals surface area (Å²) >= 11 is 0. The van der Waals surface area contributed by atoms with E-state index >= 15 is 0 Å². The van der Waals surface area contributed by atoms with Gasteiger partial charge in [-0.15, -0.1) is 0 Å². The third kappa shape index (κ3) is 3.49. The zero-order valence-corrected chi connectivity index (χ0v) is 18.4. The number of hydrogen-bond acceptors (Lipinski definition) is 6. The summed E-state index contributed by atoms with van der Waals surface area (Å²) in [5, 5.41) is 4.32. The normalized spacial score (nSPS) is 22.9. The molecule has 1 spiro atoms. The molecule has 4 rings (SSSR count). The summed E-state index contributed by atoms with van der Waals surface area (Å²) in [6.45, 7) is 9.73. The van der Waals surface area contributed by atoms with Gasteiger partial charge in [0, 0.05) is 37.9 Å². The van der Waals surface area contributed by atoms with E-state index in [0.717, 1.165) is 36.3 Å². The Morgan fingerprint density at radius 2 is 2.14 bits per heavy atom. The number of hydrogen-bond donors (Lipinski definition) is 0. The highest BCUT2D eigenvalue weighted by atomic mass is 32.2. The van der Waals surface area contributed by atoms with E-state index in [-0.39, 0.29) is 17.4 Å². The fraction of sp³-hybridized carbons (Fsp3) is 0.650. The molecule has 29 heavy (non-hydrogen) atoms. The van der Waals surface area contributed by atoms with Crippen molar-refractivity contribution in [2.24, 2.45) is 0 Å². The molecule has 2 aromatic rings. The van der Waals surface area contributed by atoms with Crippen molar-refractivity contribution in [2.45, 2.75) is 69.9 Å². The molecule has 4 heterocycles. The molecular weight excluding hydrogens is 390 g/mol. The van der Waals surface area contributed by atoms with Crippen molar-refractivity contribution in [1.82, 2.24) is 24.1 Å². The van der Waals surface area contributed by atoms with Crippen LogP contribution >= 0.6 is 0 Å². The van der Waals surface area contributed by atoms with Crippen LogP contribution in [0, 0.1) is 6.92 Å². The van der Waals surface area contributed by atoms with E-state index in [0.29, 0.717) is 25.4 Å². The smallest absolute Gasteiger partial charge is 0.246 e. The topological polar surface area (TPSA) is 90.2 Å². The number of aromatic nitrogens is 4. The highest BCUT2D eigenvalue weighted by Crippen LogP contribution is 2.41. The average Bonchev–Trinajstić information content (AvgIpc) is 3.10. The van der Waals surface area contributed by atoms with Crippen LogP contribution in [-0.4, -0.2) is 52.2 Å². The lowest BCUT2D eigenvalue weighted by molar-refractivity contribution is -0.0936. The molecule has 8 nitrogen and oxygen atoms in total. The van der Waals surface area contributed by atoms with Crippen molar-refractivity contribution in [3.05, 3.63) is 35.2 Å². The Bertz CT molecular complexity index is 1020. The van der Waals surface area contributed by atoms with Crippen molar-refractivity contribution in [3.63, 3.8) is 0 Å². The van der Waals surface area contributed by atoms with Gasteiger partial charge in [-0.05, 0) is 38.7 Å². The van der Waals surface area contributed by atoms with Gasteiger partial charge in [-0.3, -0.25) is 4.68 Å². The predicted molar refractivity (Wildman–Crippen MR) is 108 cm³/mol. The average molecular weight is 420 g/mol. The van der Waals surface area contributed by atoms with E-state index in [1.807, 2.05) is 13.1 Å². The Labute approximate surface area is 172 Å². The second-order valence-electron chi connectivity index (χ2n) is 8.23. The molecule has 0 bridgehead atoms. The minimum absolute atomic E-state index is 0.199. The highest BCUT2D eigenvalue weighted by molar-refractivity contribution is 7.89. The van der Waals surface area contributed by atoms with Crippen molar-refractivity contribution in [3.8, 4) is 0 Å². The maximum absolute atomic E-state index is 13.4. The molecule has 2 aliphatic rings. The largest absolute Gasteiger partial charge is 0.367 e. The van der Waals surface area contributed by atoms with Gasteiger partial charge in [-0.2, -0.15) is 9.40 Å². The number of fused-ring (bicyclic) bond motifs is 2. The maximum atomic E-state index is 13.4. The minimum atomic E-state index is -3.66. The molecule has 158 valence electrons. The summed E-state index contributed by atoms with van der Waals surface area (Å²) in [4.78, 5) is 9.61. The Balaban J connectivity index is 1.72. The van der Waals surface area contributed by atoms with Gasteiger partial charge in [0.05, 0.1) is 18.0 Å². The number of piperidine rings is 1. The SMILES string of the molecule is CCn1cc(S(=O)(=O)N2CCCC3(C2)OCCc2cnc(C(C)C)nc23)c(C)n1. The molecule has 2 aliphatic heterocycles. The van der Waals surface area contributed by atoms with E-state index in [1.165, 1.54) is 0 Å². The Kier molecular flexibility index (Phi) is 5.25. The number of ether oxygens (including phenoxy) is 1. The van der Waals surface area contributed by atoms with E-state index in [9.17, 15) is 8.42 Å². The molecule has 9 heteroatoms. The van der Waals surface area contributed by atoms with Crippen LogP contribution < -0.4 is 0 Å².